The quantitative estimate of drug-likeness (QED) is 0.838. The predicted molar refractivity (Wildman–Crippen MR) is 60.9 cm³/mol. The third-order valence-corrected chi connectivity index (χ3v) is 2.80. The van der Waals surface area contributed by atoms with E-state index in [1.54, 1.807) is 12.3 Å². The number of halogens is 1. The number of hydrogen-bond donors (Lipinski definition) is 1. The minimum atomic E-state index is -0.299. The molecule has 2 rings (SSSR count). The predicted octanol–water partition coefficient (Wildman–Crippen LogP) is 2.59. The van der Waals surface area contributed by atoms with Gasteiger partial charge in [0.15, 0.2) is 11.6 Å². The molecule has 0 bridgehead atoms. The Morgan fingerprint density at radius 1 is 1.56 bits per heavy atom. The molecule has 0 amide bonds. The maximum Gasteiger partial charge on any atom is 0.165 e. The Hall–Kier alpha value is -1.16. The first-order valence-corrected chi connectivity index (χ1v) is 5.58. The van der Waals surface area contributed by atoms with Crippen molar-refractivity contribution in [2.24, 2.45) is 0 Å². The number of rotatable bonds is 2. The zero-order valence-corrected chi connectivity index (χ0v) is 9.66. The van der Waals surface area contributed by atoms with Crippen molar-refractivity contribution >= 4 is 5.82 Å². The molecular formula is C12H17FN2O. The molecule has 1 atom stereocenters. The normalized spacial score (nSPS) is 24.1. The summed E-state index contributed by atoms with van der Waals surface area (Å²) in [5.41, 5.74) is -0.138. The number of aromatic nitrogens is 1. The largest absolute Gasteiger partial charge is 0.375 e. The molecule has 3 nitrogen and oxygen atoms in total. The second kappa shape index (κ2) is 4.37. The van der Waals surface area contributed by atoms with Crippen molar-refractivity contribution in [2.75, 3.05) is 11.9 Å². The van der Waals surface area contributed by atoms with E-state index < -0.39 is 0 Å². The van der Waals surface area contributed by atoms with E-state index in [1.807, 2.05) is 0 Å². The van der Waals surface area contributed by atoms with Crippen molar-refractivity contribution in [1.82, 2.24) is 4.98 Å². The molecule has 0 aliphatic carbocycles. The van der Waals surface area contributed by atoms with Crippen molar-refractivity contribution < 1.29 is 9.13 Å². The fraction of sp³-hybridized carbons (Fsp3) is 0.583. The highest BCUT2D eigenvalue weighted by atomic mass is 19.1. The second-order valence-electron chi connectivity index (χ2n) is 4.78. The van der Waals surface area contributed by atoms with Crippen LogP contribution in [0.5, 0.6) is 0 Å². The first kappa shape index (κ1) is 11.3. The van der Waals surface area contributed by atoms with Gasteiger partial charge in [0, 0.05) is 18.8 Å². The molecule has 0 radical (unpaired) electrons. The Morgan fingerprint density at radius 2 is 2.38 bits per heavy atom. The molecule has 0 aromatic carbocycles. The van der Waals surface area contributed by atoms with Crippen LogP contribution >= 0.6 is 0 Å². The molecule has 1 aliphatic rings. The molecule has 16 heavy (non-hydrogen) atoms. The van der Waals surface area contributed by atoms with Crippen LogP contribution in [0.15, 0.2) is 18.3 Å². The van der Waals surface area contributed by atoms with Gasteiger partial charge < -0.3 is 10.1 Å². The highest BCUT2D eigenvalue weighted by Gasteiger charge is 2.29. The fourth-order valence-electron chi connectivity index (χ4n) is 2.04. The molecular weight excluding hydrogens is 207 g/mol. The smallest absolute Gasteiger partial charge is 0.165 e. The van der Waals surface area contributed by atoms with Crippen LogP contribution in [0.4, 0.5) is 10.2 Å². The summed E-state index contributed by atoms with van der Waals surface area (Å²) < 4.78 is 19.0. The maximum absolute atomic E-state index is 13.4. The van der Waals surface area contributed by atoms with Gasteiger partial charge in [0.25, 0.3) is 0 Å². The average Bonchev–Trinajstić information content (AvgIpc) is 2.20. The van der Waals surface area contributed by atoms with Crippen LogP contribution in [0, 0.1) is 5.82 Å². The number of pyridine rings is 1. The summed E-state index contributed by atoms with van der Waals surface area (Å²) in [6.07, 6.45) is 3.35. The minimum absolute atomic E-state index is 0.138. The number of ether oxygens (including phenoxy) is 1. The van der Waals surface area contributed by atoms with Gasteiger partial charge in [-0.3, -0.25) is 0 Å². The summed E-state index contributed by atoms with van der Waals surface area (Å²) in [4.78, 5) is 3.99. The van der Waals surface area contributed by atoms with Crippen molar-refractivity contribution in [1.29, 1.82) is 0 Å². The Morgan fingerprint density at radius 3 is 3.06 bits per heavy atom. The minimum Gasteiger partial charge on any atom is -0.375 e. The average molecular weight is 224 g/mol. The molecule has 0 saturated carbocycles. The van der Waals surface area contributed by atoms with E-state index in [-0.39, 0.29) is 17.5 Å². The molecule has 0 spiro atoms. The lowest BCUT2D eigenvalue weighted by molar-refractivity contribution is -0.0553. The van der Waals surface area contributed by atoms with Crippen LogP contribution < -0.4 is 5.32 Å². The zero-order chi connectivity index (χ0) is 11.6. The van der Waals surface area contributed by atoms with Gasteiger partial charge in [0.2, 0.25) is 0 Å². The van der Waals surface area contributed by atoms with E-state index in [1.165, 1.54) is 6.07 Å². The van der Waals surface area contributed by atoms with Crippen LogP contribution in [0.1, 0.15) is 26.7 Å². The van der Waals surface area contributed by atoms with Crippen LogP contribution in [0.25, 0.3) is 0 Å². The number of anilines is 1. The topological polar surface area (TPSA) is 34.2 Å². The van der Waals surface area contributed by atoms with Gasteiger partial charge in [-0.1, -0.05) is 0 Å². The molecule has 1 aliphatic heterocycles. The molecule has 1 aromatic rings. The Bertz CT molecular complexity index is 368. The Labute approximate surface area is 95.0 Å². The lowest BCUT2D eigenvalue weighted by Crippen LogP contribution is -2.40. The van der Waals surface area contributed by atoms with E-state index in [0.29, 0.717) is 12.4 Å². The third-order valence-electron chi connectivity index (χ3n) is 2.80. The van der Waals surface area contributed by atoms with E-state index in [2.05, 4.69) is 24.1 Å². The lowest BCUT2D eigenvalue weighted by Gasteiger charge is -2.36. The molecule has 2 heterocycles. The Kier molecular flexibility index (Phi) is 3.10. The summed E-state index contributed by atoms with van der Waals surface area (Å²) in [6.45, 7) is 4.81. The summed E-state index contributed by atoms with van der Waals surface area (Å²) in [6, 6.07) is 3.24. The van der Waals surface area contributed by atoms with Gasteiger partial charge in [0.1, 0.15) is 0 Å². The fourth-order valence-corrected chi connectivity index (χ4v) is 2.04. The monoisotopic (exact) mass is 224 g/mol. The highest BCUT2D eigenvalue weighted by molar-refractivity contribution is 5.36. The van der Waals surface area contributed by atoms with Crippen LogP contribution in [0.2, 0.25) is 0 Å². The van der Waals surface area contributed by atoms with E-state index in [0.717, 1.165) is 12.8 Å². The first-order chi connectivity index (χ1) is 7.57. The Balaban J connectivity index is 2.02. The highest BCUT2D eigenvalue weighted by Crippen LogP contribution is 2.26. The third kappa shape index (κ3) is 2.70. The van der Waals surface area contributed by atoms with E-state index >= 15 is 0 Å². The van der Waals surface area contributed by atoms with Crippen molar-refractivity contribution in [2.45, 2.75) is 38.3 Å². The molecule has 1 aromatic heterocycles. The molecule has 1 unspecified atom stereocenters. The number of hydrogen-bond acceptors (Lipinski definition) is 3. The molecule has 1 fully saturated rings. The maximum atomic E-state index is 13.4. The molecule has 88 valence electrons. The van der Waals surface area contributed by atoms with Gasteiger partial charge in [-0.15, -0.1) is 0 Å². The van der Waals surface area contributed by atoms with Crippen LogP contribution in [-0.2, 0) is 4.74 Å². The van der Waals surface area contributed by atoms with E-state index in [4.69, 9.17) is 4.74 Å². The van der Waals surface area contributed by atoms with Crippen molar-refractivity contribution in [3.63, 3.8) is 0 Å². The summed E-state index contributed by atoms with van der Waals surface area (Å²) in [7, 11) is 0. The molecule has 4 heteroatoms. The SMILES string of the molecule is CC1(C)CC(Nc2ncccc2F)CCO1. The van der Waals surface area contributed by atoms with Gasteiger partial charge in [0.05, 0.1) is 5.60 Å². The number of nitrogens with zero attached hydrogens (tertiary/aromatic N) is 1. The first-order valence-electron chi connectivity index (χ1n) is 5.58. The van der Waals surface area contributed by atoms with E-state index in [9.17, 15) is 4.39 Å². The summed E-state index contributed by atoms with van der Waals surface area (Å²) >= 11 is 0. The van der Waals surface area contributed by atoms with Crippen molar-refractivity contribution in [3.05, 3.63) is 24.1 Å². The summed E-state index contributed by atoms with van der Waals surface area (Å²) in [5.74, 6) is 0.0389. The van der Waals surface area contributed by atoms with Gasteiger partial charge in [-0.25, -0.2) is 9.37 Å². The van der Waals surface area contributed by atoms with Crippen molar-refractivity contribution in [3.8, 4) is 0 Å². The van der Waals surface area contributed by atoms with Gasteiger partial charge in [-0.2, -0.15) is 0 Å². The number of nitrogens with one attached hydrogen (secondary N) is 1. The van der Waals surface area contributed by atoms with Gasteiger partial charge >= 0.3 is 0 Å². The van der Waals surface area contributed by atoms with Crippen LogP contribution in [-0.4, -0.2) is 23.2 Å². The lowest BCUT2D eigenvalue weighted by atomic mass is 9.94. The molecule has 1 saturated heterocycles. The molecule has 1 N–H and O–H groups in total. The zero-order valence-electron chi connectivity index (χ0n) is 9.66. The van der Waals surface area contributed by atoms with Gasteiger partial charge in [-0.05, 0) is 38.8 Å². The second-order valence-corrected chi connectivity index (χ2v) is 4.78. The summed E-state index contributed by atoms with van der Waals surface area (Å²) in [5, 5.41) is 3.14. The van der Waals surface area contributed by atoms with Crippen LogP contribution in [0.3, 0.4) is 0 Å². The standard InChI is InChI=1S/C12H17FN2O/c1-12(2)8-9(5-7-16-12)15-11-10(13)4-3-6-14-11/h3-4,6,9H,5,7-8H2,1-2H3,(H,14,15).